The maximum atomic E-state index is 4.78. The lowest BCUT2D eigenvalue weighted by atomic mass is 13.0. The van der Waals surface area contributed by atoms with E-state index in [1.54, 1.807) is 0 Å². The van der Waals surface area contributed by atoms with Crippen LogP contribution in [0.25, 0.3) is 0 Å². The molecule has 6 heteroatoms. The molecule has 0 rings (SSSR count). The summed E-state index contributed by atoms with van der Waals surface area (Å²) in [6.45, 7) is 0. The molecule has 0 aliphatic rings. The van der Waals surface area contributed by atoms with Crippen molar-refractivity contribution in [3.8, 4) is 0 Å². The minimum absolute atomic E-state index is 1.06. The van der Waals surface area contributed by atoms with Gasteiger partial charge in [-0.1, -0.05) is 5.20 Å². The van der Waals surface area contributed by atoms with Crippen LogP contribution in [0.4, 0.5) is 0 Å². The van der Waals surface area contributed by atoms with Crippen molar-refractivity contribution in [1.29, 1.82) is 0 Å². The Morgan fingerprint density at radius 3 is 2.33 bits per heavy atom. The van der Waals surface area contributed by atoms with E-state index in [0.717, 1.165) is 0 Å². The van der Waals surface area contributed by atoms with Gasteiger partial charge in [-0.05, 0) is 4.85 Å². The van der Waals surface area contributed by atoms with E-state index in [2.05, 4.69) is 28.1 Å². The van der Waals surface area contributed by atoms with Crippen molar-refractivity contribution in [2.24, 2.45) is 16.5 Å². The zero-order valence-corrected chi connectivity index (χ0v) is 4.67. The van der Waals surface area contributed by atoms with Gasteiger partial charge >= 0.3 is 0 Å². The van der Waals surface area contributed by atoms with Crippen molar-refractivity contribution in [1.82, 2.24) is 5.20 Å². The van der Waals surface area contributed by atoms with E-state index in [9.17, 15) is 0 Å². The molecule has 0 saturated heterocycles. The first kappa shape index (κ1) is 6.33. The molecule has 0 bridgehead atoms. The Hall–Kier alpha value is 0.330. The fraction of sp³-hybridized carbons (Fsp3) is 0. The quantitative estimate of drug-likeness (QED) is 0.188. The minimum atomic E-state index is -1.06. The zero-order valence-electron chi connectivity index (χ0n) is 2.96. The van der Waals surface area contributed by atoms with E-state index >= 15 is 0 Å². The molecule has 6 heavy (non-hydrogen) atoms. The van der Waals surface area contributed by atoms with Crippen molar-refractivity contribution < 1.29 is 0 Å². The van der Waals surface area contributed by atoms with Gasteiger partial charge in [-0.15, -0.1) is 0 Å². The molecule has 1 unspecified atom stereocenters. The Bertz CT molecular complexity index is 58.6. The van der Waals surface area contributed by atoms with Gasteiger partial charge < -0.3 is 12.2 Å². The van der Waals surface area contributed by atoms with Crippen LogP contribution >= 0.6 is 7.07 Å². The molecule has 0 heterocycles. The highest BCUT2D eigenvalue weighted by atomic mass is 32.7. The van der Waals surface area contributed by atoms with Crippen LogP contribution in [0, 0.1) is 0 Å². The van der Waals surface area contributed by atoms with Gasteiger partial charge in [-0.25, -0.2) is 5.84 Å². The van der Waals surface area contributed by atoms with Gasteiger partial charge in [0.05, 0.1) is 0 Å². The Labute approximate surface area is 41.9 Å². The Kier molecular flexibility index (Phi) is 3.71. The molecule has 0 saturated carbocycles. The number of hydrogen-bond acceptors (Lipinski definition) is 3. The number of nitrogens with one attached hydrogen (secondary N) is 1. The molecule has 0 aromatic heterocycles. The fourth-order valence-corrected chi connectivity index (χ4v) is 0.100. The van der Waals surface area contributed by atoms with Gasteiger partial charge in [0.2, 0.25) is 0 Å². The summed E-state index contributed by atoms with van der Waals surface area (Å²) >= 11 is 4.48. The summed E-state index contributed by atoms with van der Waals surface area (Å²) in [5, 5.41) is 2.20. The largest absolute Gasteiger partial charge is 0.443 e. The third-order valence-corrected chi connectivity index (χ3v) is 1.25. The lowest BCUT2D eigenvalue weighted by Gasteiger charge is -1.83. The Morgan fingerprint density at radius 1 is 1.83 bits per heavy atom. The summed E-state index contributed by atoms with van der Waals surface area (Å²) in [7, 11) is -1.06. The van der Waals surface area contributed by atoms with E-state index in [1.807, 2.05) is 0 Å². The maximum absolute atomic E-state index is 4.78. The van der Waals surface area contributed by atoms with E-state index in [-0.39, 0.29) is 0 Å². The summed E-state index contributed by atoms with van der Waals surface area (Å²) in [6.07, 6.45) is 0. The average molecular weight is 124 g/mol. The van der Waals surface area contributed by atoms with E-state index in [1.165, 1.54) is 0 Å². The predicted octanol–water partition coefficient (Wildman–Crippen LogP) is -0.634. The first-order valence-electron chi connectivity index (χ1n) is 1.15. The molecule has 36 valence electrons. The van der Waals surface area contributed by atoms with E-state index in [0.29, 0.717) is 0 Å². The maximum Gasteiger partial charge on any atom is 0.191 e. The second kappa shape index (κ2) is 3.52. The number of hydrogen-bond donors (Lipinski definition) is 3. The van der Waals surface area contributed by atoms with Gasteiger partial charge in [0.15, 0.2) is 7.07 Å². The highest BCUT2D eigenvalue weighted by molar-refractivity contribution is 8.28. The molecule has 0 radical (unpaired) electrons. The SMILES string of the molecule is NN=[P+]([S-])NN. The molecule has 0 aromatic carbocycles. The molecule has 0 aliphatic heterocycles. The molecule has 0 aliphatic carbocycles. The van der Waals surface area contributed by atoms with Gasteiger partial charge in [-0.2, -0.15) is 5.84 Å². The lowest BCUT2D eigenvalue weighted by molar-refractivity contribution is 1.10. The van der Waals surface area contributed by atoms with Gasteiger partial charge in [0.1, 0.15) is 0 Å². The number of rotatable bonds is 1. The number of hydrazine groups is 1. The molecule has 0 spiro atoms. The van der Waals surface area contributed by atoms with Crippen LogP contribution in [0.1, 0.15) is 0 Å². The smallest absolute Gasteiger partial charge is 0.191 e. The van der Waals surface area contributed by atoms with E-state index in [4.69, 9.17) is 5.84 Å². The first-order chi connectivity index (χ1) is 2.81. The molecular weight excluding hydrogens is 119 g/mol. The van der Waals surface area contributed by atoms with Crippen LogP contribution in [0.2, 0.25) is 0 Å². The number of nitrogens with zero attached hydrogens (tertiary/aromatic N) is 1. The number of nitrogens with two attached hydrogens (primary N) is 2. The molecule has 0 aromatic rings. The van der Waals surface area contributed by atoms with Gasteiger partial charge in [0, 0.05) is 0 Å². The second-order valence-corrected chi connectivity index (χ2v) is 2.59. The Morgan fingerprint density at radius 2 is 2.33 bits per heavy atom. The van der Waals surface area contributed by atoms with Gasteiger partial charge in [0.25, 0.3) is 0 Å². The topological polar surface area (TPSA) is 76.4 Å². The van der Waals surface area contributed by atoms with Crippen LogP contribution < -0.4 is 16.9 Å². The van der Waals surface area contributed by atoms with E-state index < -0.39 is 7.07 Å². The van der Waals surface area contributed by atoms with Gasteiger partial charge in [-0.3, -0.25) is 0 Å². The first-order valence-corrected chi connectivity index (χ1v) is 3.46. The van der Waals surface area contributed by atoms with Crippen LogP contribution in [-0.4, -0.2) is 0 Å². The molecular formula is H5N4PS. The molecule has 5 N–H and O–H groups in total. The van der Waals surface area contributed by atoms with Crippen molar-refractivity contribution in [2.45, 2.75) is 0 Å². The third-order valence-electron chi connectivity index (χ3n) is 0.215. The summed E-state index contributed by atoms with van der Waals surface area (Å²) in [5.41, 5.74) is 0. The van der Waals surface area contributed by atoms with Crippen molar-refractivity contribution in [3.05, 3.63) is 0 Å². The second-order valence-electron chi connectivity index (χ2n) is 0.518. The van der Waals surface area contributed by atoms with Crippen LogP contribution in [0.3, 0.4) is 0 Å². The summed E-state index contributed by atoms with van der Waals surface area (Å²) in [4.78, 5) is 3.15. The van der Waals surface area contributed by atoms with Crippen LogP contribution in [0.15, 0.2) is 4.85 Å². The monoisotopic (exact) mass is 124 g/mol. The normalized spacial score (nSPS) is 12.2. The summed E-state index contributed by atoms with van der Waals surface area (Å²) < 4.78 is 0. The third kappa shape index (κ3) is 2.56. The fourth-order valence-electron chi connectivity index (χ4n) is 0.0333. The van der Waals surface area contributed by atoms with Crippen molar-refractivity contribution in [2.75, 3.05) is 0 Å². The highest BCUT2D eigenvalue weighted by Crippen LogP contribution is 2.07. The Balaban J connectivity index is 3.22. The predicted molar refractivity (Wildman–Crippen MR) is 28.2 cm³/mol. The highest BCUT2D eigenvalue weighted by Gasteiger charge is 1.77. The van der Waals surface area contributed by atoms with Crippen molar-refractivity contribution in [3.63, 3.8) is 0 Å². The standard InChI is InChI=1S/H5N4PS/c1-3-5(6)4-2/h1-2H2,(H,3,4). The molecule has 1 atom stereocenters. The molecule has 0 amide bonds. The average Bonchev–Trinajstić information content (AvgIpc) is 1.65. The minimum Gasteiger partial charge on any atom is -0.443 e. The van der Waals surface area contributed by atoms with Crippen LogP contribution in [-0.2, 0) is 12.2 Å². The van der Waals surface area contributed by atoms with Crippen LogP contribution in [0.5, 0.6) is 0 Å². The summed E-state index contributed by atoms with van der Waals surface area (Å²) in [6, 6.07) is 0. The zero-order chi connectivity index (χ0) is 4.99. The summed E-state index contributed by atoms with van der Waals surface area (Å²) in [5.74, 6) is 9.47. The molecule has 0 fully saturated rings. The van der Waals surface area contributed by atoms with Crippen molar-refractivity contribution >= 4 is 19.3 Å². The molecule has 4 nitrogen and oxygen atoms in total. The lowest BCUT2D eigenvalue weighted by Crippen LogP contribution is -2.10.